The van der Waals surface area contributed by atoms with Crippen LogP contribution in [0.2, 0.25) is 5.02 Å². The van der Waals surface area contributed by atoms with E-state index in [0.29, 0.717) is 16.3 Å². The predicted molar refractivity (Wildman–Crippen MR) is 89.8 cm³/mol. The molecule has 0 aliphatic carbocycles. The number of amides is 2. The summed E-state index contributed by atoms with van der Waals surface area (Å²) in [5.41, 5.74) is 0.951. The molecule has 0 aromatic heterocycles. The highest BCUT2D eigenvalue weighted by molar-refractivity contribution is 6.30. The van der Waals surface area contributed by atoms with Crippen molar-refractivity contribution in [1.82, 2.24) is 4.90 Å². The van der Waals surface area contributed by atoms with Crippen LogP contribution in [-0.2, 0) is 15.1 Å². The molecule has 24 heavy (non-hydrogen) atoms. The van der Waals surface area contributed by atoms with Crippen LogP contribution in [0.1, 0.15) is 11.1 Å². The molecule has 0 spiro atoms. The minimum atomic E-state index is -1.25. The molecular formula is C18H15ClN2O3. The van der Waals surface area contributed by atoms with Gasteiger partial charge in [-0.15, -0.1) is 0 Å². The van der Waals surface area contributed by atoms with Crippen LogP contribution >= 0.6 is 11.6 Å². The highest BCUT2D eigenvalue weighted by Gasteiger charge is 2.64. The Balaban J connectivity index is 2.07. The van der Waals surface area contributed by atoms with Crippen LogP contribution < -0.4 is 4.90 Å². The summed E-state index contributed by atoms with van der Waals surface area (Å²) in [7, 11) is 1.66. The number of halogens is 1. The highest BCUT2D eigenvalue weighted by Crippen LogP contribution is 2.51. The number of hydrogen-bond donors (Lipinski definition) is 1. The number of aliphatic hydroxyl groups excluding tert-OH is 1. The zero-order valence-corrected chi connectivity index (χ0v) is 13.7. The number of likely N-dealkylation sites (N-methyl/N-ethyl adjacent to an activating group) is 1. The molecule has 4 rings (SSSR count). The van der Waals surface area contributed by atoms with E-state index in [4.69, 9.17) is 11.6 Å². The van der Waals surface area contributed by atoms with Crippen LogP contribution in [0.15, 0.2) is 48.5 Å². The second kappa shape index (κ2) is 5.06. The van der Waals surface area contributed by atoms with Crippen molar-refractivity contribution in [2.24, 2.45) is 0 Å². The SMILES string of the molecule is CN1C(=O)CN2C(=O)C(O)C2(c2ccccc2)c2cc(Cl)ccc21. The van der Waals surface area contributed by atoms with E-state index in [0.717, 1.165) is 5.56 Å². The van der Waals surface area contributed by atoms with E-state index in [2.05, 4.69) is 0 Å². The second-order valence-corrected chi connectivity index (χ2v) is 6.51. The lowest BCUT2D eigenvalue weighted by atomic mass is 9.70. The van der Waals surface area contributed by atoms with Crippen LogP contribution in [0, 0.1) is 0 Å². The molecule has 0 radical (unpaired) electrons. The maximum absolute atomic E-state index is 12.5. The van der Waals surface area contributed by atoms with Crippen molar-refractivity contribution in [3.8, 4) is 0 Å². The number of carbonyl (C=O) groups excluding carboxylic acids is 2. The second-order valence-electron chi connectivity index (χ2n) is 6.07. The normalized spacial score (nSPS) is 25.7. The van der Waals surface area contributed by atoms with Gasteiger partial charge in [-0.2, -0.15) is 0 Å². The fourth-order valence-electron chi connectivity index (χ4n) is 3.72. The minimum absolute atomic E-state index is 0.0897. The first kappa shape index (κ1) is 15.2. The van der Waals surface area contributed by atoms with Crippen LogP contribution in [0.5, 0.6) is 0 Å². The molecular weight excluding hydrogens is 328 g/mol. The topological polar surface area (TPSA) is 60.9 Å². The molecule has 6 heteroatoms. The van der Waals surface area contributed by atoms with Crippen LogP contribution in [0.25, 0.3) is 0 Å². The minimum Gasteiger partial charge on any atom is -0.380 e. The number of anilines is 1. The van der Waals surface area contributed by atoms with Crippen molar-refractivity contribution >= 4 is 29.1 Å². The van der Waals surface area contributed by atoms with E-state index in [-0.39, 0.29) is 12.5 Å². The Hall–Kier alpha value is -2.37. The molecule has 2 aromatic rings. The molecule has 122 valence electrons. The molecule has 2 aliphatic heterocycles. The number of carbonyl (C=O) groups is 2. The molecule has 1 fully saturated rings. The molecule has 2 amide bonds. The summed E-state index contributed by atoms with van der Waals surface area (Å²) in [6.07, 6.45) is -1.25. The summed E-state index contributed by atoms with van der Waals surface area (Å²) in [6.45, 7) is -0.0897. The van der Waals surface area contributed by atoms with Gasteiger partial charge in [0.1, 0.15) is 12.1 Å². The molecule has 2 heterocycles. The van der Waals surface area contributed by atoms with Crippen LogP contribution in [-0.4, -0.2) is 41.5 Å². The zero-order valence-electron chi connectivity index (χ0n) is 12.9. The molecule has 2 aliphatic rings. The monoisotopic (exact) mass is 342 g/mol. The van der Waals surface area contributed by atoms with Gasteiger partial charge in [0, 0.05) is 23.3 Å². The number of aliphatic hydroxyl groups is 1. The fraction of sp³-hybridized carbons (Fsp3) is 0.222. The van der Waals surface area contributed by atoms with Gasteiger partial charge in [0.15, 0.2) is 6.10 Å². The van der Waals surface area contributed by atoms with Gasteiger partial charge in [-0.25, -0.2) is 0 Å². The van der Waals surface area contributed by atoms with Crippen molar-refractivity contribution < 1.29 is 14.7 Å². The number of benzene rings is 2. The number of nitrogens with zero attached hydrogens (tertiary/aromatic N) is 2. The molecule has 2 unspecified atom stereocenters. The number of rotatable bonds is 1. The lowest BCUT2D eigenvalue weighted by molar-refractivity contribution is -0.181. The molecule has 0 saturated carbocycles. The first-order valence-electron chi connectivity index (χ1n) is 7.59. The number of fused-ring (bicyclic) bond motifs is 3. The molecule has 0 bridgehead atoms. The van der Waals surface area contributed by atoms with Crippen LogP contribution in [0.3, 0.4) is 0 Å². The quantitative estimate of drug-likeness (QED) is 0.803. The van der Waals surface area contributed by atoms with E-state index < -0.39 is 17.6 Å². The van der Waals surface area contributed by atoms with Gasteiger partial charge in [0.25, 0.3) is 5.91 Å². The van der Waals surface area contributed by atoms with Gasteiger partial charge in [-0.3, -0.25) is 9.59 Å². The van der Waals surface area contributed by atoms with E-state index in [9.17, 15) is 14.7 Å². The Kier molecular flexibility index (Phi) is 3.20. The van der Waals surface area contributed by atoms with E-state index >= 15 is 0 Å². The Morgan fingerprint density at radius 2 is 1.88 bits per heavy atom. The molecule has 1 saturated heterocycles. The zero-order chi connectivity index (χ0) is 17.1. The summed E-state index contributed by atoms with van der Waals surface area (Å²) >= 11 is 6.20. The van der Waals surface area contributed by atoms with Crippen LogP contribution in [0.4, 0.5) is 5.69 Å². The summed E-state index contributed by atoms with van der Waals surface area (Å²) in [5, 5.41) is 11.2. The molecule has 1 N–H and O–H groups in total. The Bertz CT molecular complexity index is 855. The van der Waals surface area contributed by atoms with Gasteiger partial charge in [-0.1, -0.05) is 41.9 Å². The summed E-state index contributed by atoms with van der Waals surface area (Å²) in [4.78, 5) is 27.8. The molecule has 2 atom stereocenters. The van der Waals surface area contributed by atoms with E-state index in [1.165, 1.54) is 9.80 Å². The van der Waals surface area contributed by atoms with Crippen molar-refractivity contribution in [3.05, 3.63) is 64.7 Å². The Morgan fingerprint density at radius 1 is 1.17 bits per heavy atom. The van der Waals surface area contributed by atoms with Gasteiger partial charge in [0.05, 0.1) is 0 Å². The summed E-state index contributed by atoms with van der Waals surface area (Å²) in [6, 6.07) is 14.4. The Morgan fingerprint density at radius 3 is 2.58 bits per heavy atom. The predicted octanol–water partition coefficient (Wildman–Crippen LogP) is 1.76. The summed E-state index contributed by atoms with van der Waals surface area (Å²) in [5.74, 6) is -0.662. The Labute approximate surface area is 144 Å². The van der Waals surface area contributed by atoms with Crippen molar-refractivity contribution in [1.29, 1.82) is 0 Å². The number of β-lactam (4-membered cyclic amide) rings is 1. The average molecular weight is 343 g/mol. The third-order valence-corrected chi connectivity index (χ3v) is 5.17. The van der Waals surface area contributed by atoms with Gasteiger partial charge >= 0.3 is 0 Å². The largest absolute Gasteiger partial charge is 0.380 e. The van der Waals surface area contributed by atoms with Crippen molar-refractivity contribution in [2.75, 3.05) is 18.5 Å². The van der Waals surface area contributed by atoms with Crippen molar-refractivity contribution in [2.45, 2.75) is 11.6 Å². The smallest absolute Gasteiger partial charge is 0.256 e. The van der Waals surface area contributed by atoms with E-state index in [1.807, 2.05) is 30.3 Å². The maximum atomic E-state index is 12.5. The van der Waals surface area contributed by atoms with Crippen molar-refractivity contribution in [3.63, 3.8) is 0 Å². The number of hydrogen-bond acceptors (Lipinski definition) is 3. The average Bonchev–Trinajstić information content (AvgIpc) is 2.68. The van der Waals surface area contributed by atoms with Gasteiger partial charge < -0.3 is 14.9 Å². The fourth-order valence-corrected chi connectivity index (χ4v) is 3.89. The lowest BCUT2D eigenvalue weighted by Crippen LogP contribution is -2.72. The first-order valence-corrected chi connectivity index (χ1v) is 7.97. The standard InChI is InChI=1S/C18H15ClN2O3/c1-20-14-8-7-12(19)9-13(14)18(11-5-3-2-4-6-11)16(23)17(24)21(18)10-15(20)22/h2-9,16,23H,10H2,1H3. The third-order valence-electron chi connectivity index (χ3n) is 4.93. The first-order chi connectivity index (χ1) is 11.5. The van der Waals surface area contributed by atoms with Gasteiger partial charge in [0.2, 0.25) is 5.91 Å². The molecule has 2 aromatic carbocycles. The van der Waals surface area contributed by atoms with Gasteiger partial charge in [-0.05, 0) is 23.8 Å². The third kappa shape index (κ3) is 1.74. The highest BCUT2D eigenvalue weighted by atomic mass is 35.5. The summed E-state index contributed by atoms with van der Waals surface area (Å²) < 4.78 is 0. The van der Waals surface area contributed by atoms with E-state index in [1.54, 1.807) is 25.2 Å². The maximum Gasteiger partial charge on any atom is 0.256 e. The molecule has 5 nitrogen and oxygen atoms in total. The lowest BCUT2D eigenvalue weighted by Gasteiger charge is -2.55.